The Morgan fingerprint density at radius 1 is 1.25 bits per heavy atom. The van der Waals surface area contributed by atoms with Gasteiger partial charge in [-0.15, -0.1) is 5.10 Å². The van der Waals surface area contributed by atoms with E-state index in [2.05, 4.69) is 20.5 Å². The summed E-state index contributed by atoms with van der Waals surface area (Å²) in [6, 6.07) is 7.57. The van der Waals surface area contributed by atoms with Crippen molar-refractivity contribution < 1.29 is 4.79 Å². The zero-order valence-corrected chi connectivity index (χ0v) is 16.0. The summed E-state index contributed by atoms with van der Waals surface area (Å²) < 4.78 is 4.51. The van der Waals surface area contributed by atoms with E-state index in [0.717, 1.165) is 22.0 Å². The molecule has 144 valence electrons. The second kappa shape index (κ2) is 6.91. The number of aryl methyl sites for hydroxylation is 2. The molecule has 28 heavy (non-hydrogen) atoms. The molecule has 0 spiro atoms. The topological polar surface area (TPSA) is 99.1 Å². The second-order valence-corrected chi connectivity index (χ2v) is 6.90. The summed E-state index contributed by atoms with van der Waals surface area (Å²) in [5.74, 6) is -0.195. The number of carbonyl (C=O) groups is 1. The van der Waals surface area contributed by atoms with Gasteiger partial charge in [0.1, 0.15) is 18.7 Å². The summed E-state index contributed by atoms with van der Waals surface area (Å²) >= 11 is 0. The van der Waals surface area contributed by atoms with Gasteiger partial charge in [-0.05, 0) is 49.4 Å². The molecule has 0 aliphatic rings. The number of hydrogen-bond donors (Lipinski definition) is 1. The van der Waals surface area contributed by atoms with E-state index in [1.807, 2.05) is 38.1 Å². The molecule has 1 amide bonds. The van der Waals surface area contributed by atoms with Crippen LogP contribution in [0, 0.1) is 13.8 Å². The molecule has 1 N–H and O–H groups in total. The molecule has 9 nitrogen and oxygen atoms in total. The van der Waals surface area contributed by atoms with Crippen molar-refractivity contribution in [3.05, 3.63) is 58.5 Å². The lowest BCUT2D eigenvalue weighted by Crippen LogP contribution is -2.35. The Hall–Kier alpha value is -3.49. The highest BCUT2D eigenvalue weighted by Crippen LogP contribution is 2.19. The van der Waals surface area contributed by atoms with Gasteiger partial charge in [0.05, 0.1) is 12.1 Å². The number of rotatable bonds is 5. The maximum atomic E-state index is 12.9. The van der Waals surface area contributed by atoms with Crippen LogP contribution in [0.2, 0.25) is 0 Å². The molecule has 0 aliphatic carbocycles. The number of nitrogens with one attached hydrogen (secondary N) is 1. The van der Waals surface area contributed by atoms with Crippen molar-refractivity contribution in [3.8, 4) is 0 Å². The molecule has 1 aromatic carbocycles. The highest BCUT2D eigenvalue weighted by Gasteiger charge is 2.16. The van der Waals surface area contributed by atoms with Crippen LogP contribution >= 0.6 is 0 Å². The van der Waals surface area contributed by atoms with Gasteiger partial charge in [0, 0.05) is 6.54 Å². The van der Waals surface area contributed by atoms with Gasteiger partial charge < -0.3 is 5.32 Å². The summed E-state index contributed by atoms with van der Waals surface area (Å²) in [5.41, 5.74) is 3.25. The molecule has 3 heterocycles. The lowest BCUT2D eigenvalue weighted by Gasteiger charge is -2.11. The predicted molar refractivity (Wildman–Crippen MR) is 104 cm³/mol. The standard InChI is InChI=1S/C19H21N7O2/c1-12-4-5-15-9-13(2)17-23-24(19(28)26(17)16(15)8-12)7-6-21-18(27)14(3)25-11-20-10-22-25/h4-5,8-11,14H,6-7H2,1-3H3,(H,21,27)/t14-/m1/s1. The molecule has 4 aromatic rings. The van der Waals surface area contributed by atoms with Gasteiger partial charge in [0.2, 0.25) is 5.91 Å². The second-order valence-electron chi connectivity index (χ2n) is 6.90. The van der Waals surface area contributed by atoms with E-state index in [-0.39, 0.29) is 24.7 Å². The van der Waals surface area contributed by atoms with Crippen molar-refractivity contribution in [2.24, 2.45) is 0 Å². The van der Waals surface area contributed by atoms with Crippen LogP contribution in [0.15, 0.2) is 41.7 Å². The molecule has 0 unspecified atom stereocenters. The lowest BCUT2D eigenvalue weighted by atomic mass is 10.1. The minimum atomic E-state index is -0.477. The number of hydrogen-bond acceptors (Lipinski definition) is 5. The van der Waals surface area contributed by atoms with Crippen LogP contribution in [0.25, 0.3) is 16.6 Å². The third-order valence-corrected chi connectivity index (χ3v) is 4.83. The quantitative estimate of drug-likeness (QED) is 0.562. The molecule has 0 saturated carbocycles. The first-order chi connectivity index (χ1) is 13.5. The Kier molecular flexibility index (Phi) is 4.42. The first kappa shape index (κ1) is 17.9. The summed E-state index contributed by atoms with van der Waals surface area (Å²) in [6.45, 7) is 6.24. The Bertz CT molecular complexity index is 1220. The van der Waals surface area contributed by atoms with E-state index in [1.165, 1.54) is 22.0 Å². The number of pyridine rings is 1. The zero-order chi connectivity index (χ0) is 19.8. The molecule has 0 radical (unpaired) electrons. The summed E-state index contributed by atoms with van der Waals surface area (Å²) in [7, 11) is 0. The Morgan fingerprint density at radius 3 is 2.82 bits per heavy atom. The normalized spacial score (nSPS) is 12.5. The Labute approximate surface area is 160 Å². The van der Waals surface area contributed by atoms with Crippen LogP contribution in [0.4, 0.5) is 0 Å². The van der Waals surface area contributed by atoms with Crippen molar-refractivity contribution >= 4 is 22.5 Å². The van der Waals surface area contributed by atoms with Crippen LogP contribution in [-0.2, 0) is 11.3 Å². The molecule has 3 aromatic heterocycles. The molecular formula is C19H21N7O2. The smallest absolute Gasteiger partial charge is 0.350 e. The number of benzene rings is 1. The lowest BCUT2D eigenvalue weighted by molar-refractivity contribution is -0.124. The molecule has 0 fully saturated rings. The molecule has 4 rings (SSSR count). The minimum absolute atomic E-state index is 0.195. The Balaban J connectivity index is 1.58. The van der Waals surface area contributed by atoms with Crippen LogP contribution in [0.5, 0.6) is 0 Å². The predicted octanol–water partition coefficient (Wildman–Crippen LogP) is 1.23. The van der Waals surface area contributed by atoms with Crippen molar-refractivity contribution in [1.82, 2.24) is 34.3 Å². The number of fused-ring (bicyclic) bond motifs is 3. The number of carbonyl (C=O) groups excluding carboxylic acids is 1. The van der Waals surface area contributed by atoms with E-state index >= 15 is 0 Å². The fraction of sp³-hybridized carbons (Fsp3) is 0.316. The van der Waals surface area contributed by atoms with Crippen LogP contribution < -0.4 is 11.0 Å². The van der Waals surface area contributed by atoms with E-state index in [1.54, 1.807) is 11.3 Å². The molecule has 0 aliphatic heterocycles. The molecule has 0 saturated heterocycles. The summed E-state index contributed by atoms with van der Waals surface area (Å²) in [6.07, 6.45) is 2.88. The number of nitrogens with zero attached hydrogens (tertiary/aromatic N) is 6. The van der Waals surface area contributed by atoms with Gasteiger partial charge in [-0.3, -0.25) is 4.79 Å². The van der Waals surface area contributed by atoms with Crippen molar-refractivity contribution in [1.29, 1.82) is 0 Å². The first-order valence-corrected chi connectivity index (χ1v) is 9.07. The fourth-order valence-electron chi connectivity index (χ4n) is 3.26. The molecule has 1 atom stereocenters. The highest BCUT2D eigenvalue weighted by molar-refractivity contribution is 5.84. The Morgan fingerprint density at radius 2 is 2.07 bits per heavy atom. The van der Waals surface area contributed by atoms with E-state index in [4.69, 9.17) is 0 Å². The molecule has 0 bridgehead atoms. The third-order valence-electron chi connectivity index (χ3n) is 4.83. The van der Waals surface area contributed by atoms with Gasteiger partial charge in [-0.1, -0.05) is 12.1 Å². The molecular weight excluding hydrogens is 358 g/mol. The number of aromatic nitrogens is 6. The van der Waals surface area contributed by atoms with E-state index < -0.39 is 6.04 Å². The van der Waals surface area contributed by atoms with Gasteiger partial charge in [-0.25, -0.2) is 23.5 Å². The van der Waals surface area contributed by atoms with Gasteiger partial charge in [0.15, 0.2) is 5.65 Å². The summed E-state index contributed by atoms with van der Waals surface area (Å²) in [5, 5.41) is 12.2. The largest absolute Gasteiger partial charge is 0.352 e. The van der Waals surface area contributed by atoms with Crippen LogP contribution in [0.1, 0.15) is 24.1 Å². The van der Waals surface area contributed by atoms with Crippen molar-refractivity contribution in [2.75, 3.05) is 6.54 Å². The average Bonchev–Trinajstić information content (AvgIpc) is 3.31. The van der Waals surface area contributed by atoms with Crippen molar-refractivity contribution in [3.63, 3.8) is 0 Å². The third kappa shape index (κ3) is 3.04. The maximum absolute atomic E-state index is 12.9. The maximum Gasteiger partial charge on any atom is 0.350 e. The zero-order valence-electron chi connectivity index (χ0n) is 16.0. The van der Waals surface area contributed by atoms with E-state index in [9.17, 15) is 9.59 Å². The van der Waals surface area contributed by atoms with Gasteiger partial charge in [-0.2, -0.15) is 5.10 Å². The highest BCUT2D eigenvalue weighted by atomic mass is 16.2. The molecule has 9 heteroatoms. The first-order valence-electron chi connectivity index (χ1n) is 9.07. The van der Waals surface area contributed by atoms with Gasteiger partial charge >= 0.3 is 5.69 Å². The van der Waals surface area contributed by atoms with Gasteiger partial charge in [0.25, 0.3) is 0 Å². The number of amides is 1. The average molecular weight is 379 g/mol. The van der Waals surface area contributed by atoms with E-state index in [0.29, 0.717) is 5.65 Å². The minimum Gasteiger partial charge on any atom is -0.352 e. The fourth-order valence-corrected chi connectivity index (χ4v) is 3.26. The SMILES string of the molecule is Cc1ccc2cc(C)c3nn(CCNC(=O)[C@@H](C)n4cncn4)c(=O)n3c2c1. The van der Waals surface area contributed by atoms with Crippen LogP contribution in [0.3, 0.4) is 0 Å². The van der Waals surface area contributed by atoms with Crippen LogP contribution in [-0.4, -0.2) is 41.4 Å². The monoisotopic (exact) mass is 379 g/mol. The van der Waals surface area contributed by atoms with Crippen molar-refractivity contribution in [2.45, 2.75) is 33.4 Å². The summed E-state index contributed by atoms with van der Waals surface area (Å²) in [4.78, 5) is 29.0.